The molecule has 1 unspecified atom stereocenters. The van der Waals surface area contributed by atoms with Crippen LogP contribution in [0.25, 0.3) is 5.69 Å². The summed E-state index contributed by atoms with van der Waals surface area (Å²) in [4.78, 5) is 13.3. The normalized spacial score (nSPS) is 13.4. The molecule has 3 aromatic rings. The van der Waals surface area contributed by atoms with E-state index < -0.39 is 0 Å². The van der Waals surface area contributed by atoms with Gasteiger partial charge in [0.25, 0.3) is 5.91 Å². The second kappa shape index (κ2) is 9.57. The zero-order chi connectivity index (χ0) is 23.5. The van der Waals surface area contributed by atoms with Crippen LogP contribution >= 0.6 is 0 Å². The third-order valence-electron chi connectivity index (χ3n) is 6.27. The monoisotopic (exact) mass is 449 g/mol. The Morgan fingerprint density at radius 3 is 2.30 bits per heavy atom. The lowest BCUT2D eigenvalue weighted by atomic mass is 10.1. The van der Waals surface area contributed by atoms with Gasteiger partial charge in [-0.05, 0) is 68.0 Å². The standard InChI is InChI=1S/C26H31N3O4/c1-6-17-10-12-19(13-11-17)29-21-9-7-8-20(21)24(28-29)26(30)27-16(2)18-14-22(31-3)25(33-5)23(15-18)32-4/h10-16H,6-9H2,1-5H3,(H,27,30). The zero-order valence-corrected chi connectivity index (χ0v) is 19.9. The molecule has 0 bridgehead atoms. The van der Waals surface area contributed by atoms with E-state index in [0.29, 0.717) is 22.9 Å². The molecule has 0 radical (unpaired) electrons. The summed E-state index contributed by atoms with van der Waals surface area (Å²) >= 11 is 0. The summed E-state index contributed by atoms with van der Waals surface area (Å²) in [5, 5.41) is 7.83. The van der Waals surface area contributed by atoms with Crippen molar-refractivity contribution in [3.8, 4) is 22.9 Å². The first kappa shape index (κ1) is 22.7. The van der Waals surface area contributed by atoms with E-state index in [-0.39, 0.29) is 11.9 Å². The van der Waals surface area contributed by atoms with Crippen molar-refractivity contribution >= 4 is 5.91 Å². The van der Waals surface area contributed by atoms with Gasteiger partial charge >= 0.3 is 0 Å². The third-order valence-corrected chi connectivity index (χ3v) is 6.27. The minimum Gasteiger partial charge on any atom is -0.493 e. The van der Waals surface area contributed by atoms with Crippen LogP contribution in [0, 0.1) is 0 Å². The van der Waals surface area contributed by atoms with Crippen LogP contribution < -0.4 is 19.5 Å². The van der Waals surface area contributed by atoms with Gasteiger partial charge in [-0.3, -0.25) is 4.79 Å². The molecule has 1 amide bonds. The van der Waals surface area contributed by atoms with E-state index in [2.05, 4.69) is 36.5 Å². The molecule has 0 saturated carbocycles. The third kappa shape index (κ3) is 4.27. The summed E-state index contributed by atoms with van der Waals surface area (Å²) in [7, 11) is 4.72. The molecular weight excluding hydrogens is 418 g/mol. The molecule has 0 saturated heterocycles. The fraction of sp³-hybridized carbons (Fsp3) is 0.385. The van der Waals surface area contributed by atoms with Gasteiger partial charge < -0.3 is 19.5 Å². The Balaban J connectivity index is 1.62. The van der Waals surface area contributed by atoms with Crippen molar-refractivity contribution in [1.82, 2.24) is 15.1 Å². The molecule has 1 aliphatic rings. The molecule has 174 valence electrons. The van der Waals surface area contributed by atoms with Crippen LogP contribution in [0.2, 0.25) is 0 Å². The quantitative estimate of drug-likeness (QED) is 0.550. The highest BCUT2D eigenvalue weighted by Gasteiger charge is 2.28. The second-order valence-electron chi connectivity index (χ2n) is 8.21. The van der Waals surface area contributed by atoms with Gasteiger partial charge in [0.05, 0.1) is 33.1 Å². The molecule has 7 heteroatoms. The van der Waals surface area contributed by atoms with E-state index in [1.807, 2.05) is 23.7 Å². The number of rotatable bonds is 8. The number of nitrogens with zero attached hydrogens (tertiary/aromatic N) is 2. The van der Waals surface area contributed by atoms with Crippen LogP contribution in [-0.4, -0.2) is 37.0 Å². The first-order valence-electron chi connectivity index (χ1n) is 11.3. The summed E-state index contributed by atoms with van der Waals surface area (Å²) in [5.41, 5.74) is 5.79. The number of fused-ring (bicyclic) bond motifs is 1. The minimum absolute atomic E-state index is 0.182. The maximum Gasteiger partial charge on any atom is 0.272 e. The molecule has 0 aliphatic heterocycles. The lowest BCUT2D eigenvalue weighted by Gasteiger charge is -2.18. The molecule has 1 N–H and O–H groups in total. The van der Waals surface area contributed by atoms with Gasteiger partial charge in [-0.2, -0.15) is 5.10 Å². The Kier molecular flexibility index (Phi) is 6.58. The lowest BCUT2D eigenvalue weighted by Crippen LogP contribution is -2.28. The topological polar surface area (TPSA) is 74.6 Å². The maximum absolute atomic E-state index is 13.3. The van der Waals surface area contributed by atoms with Crippen molar-refractivity contribution in [1.29, 1.82) is 0 Å². The number of ether oxygens (including phenoxy) is 3. The van der Waals surface area contributed by atoms with Gasteiger partial charge in [-0.1, -0.05) is 19.1 Å². The van der Waals surface area contributed by atoms with Gasteiger partial charge in [-0.15, -0.1) is 0 Å². The van der Waals surface area contributed by atoms with Crippen LogP contribution in [0.3, 0.4) is 0 Å². The molecular formula is C26H31N3O4. The molecule has 0 fully saturated rings. The smallest absolute Gasteiger partial charge is 0.272 e. The number of carbonyl (C=O) groups excluding carboxylic acids is 1. The van der Waals surface area contributed by atoms with Crippen molar-refractivity contribution < 1.29 is 19.0 Å². The molecule has 1 atom stereocenters. The maximum atomic E-state index is 13.3. The van der Waals surface area contributed by atoms with Crippen molar-refractivity contribution in [2.45, 2.75) is 45.6 Å². The SMILES string of the molecule is CCc1ccc(-n2nc(C(=O)NC(C)c3cc(OC)c(OC)c(OC)c3)c3c2CCC3)cc1. The highest BCUT2D eigenvalue weighted by Crippen LogP contribution is 2.39. The number of aryl methyl sites for hydroxylation is 1. The summed E-state index contributed by atoms with van der Waals surface area (Å²) < 4.78 is 18.2. The van der Waals surface area contributed by atoms with Crippen molar-refractivity contribution in [3.05, 3.63) is 64.5 Å². The van der Waals surface area contributed by atoms with Crippen LogP contribution in [0.1, 0.15) is 59.2 Å². The van der Waals surface area contributed by atoms with Crippen LogP contribution in [0.5, 0.6) is 17.2 Å². The van der Waals surface area contributed by atoms with Gasteiger partial charge in [0, 0.05) is 11.3 Å². The Morgan fingerprint density at radius 2 is 1.73 bits per heavy atom. The summed E-state index contributed by atoms with van der Waals surface area (Å²) in [6, 6.07) is 11.8. The zero-order valence-electron chi connectivity index (χ0n) is 19.9. The van der Waals surface area contributed by atoms with Crippen LogP contribution in [0.15, 0.2) is 36.4 Å². The van der Waals surface area contributed by atoms with E-state index in [0.717, 1.165) is 48.2 Å². The summed E-state index contributed by atoms with van der Waals surface area (Å²) in [6.07, 6.45) is 3.81. The Bertz CT molecular complexity index is 1130. The molecule has 1 aromatic heterocycles. The number of nitrogens with one attached hydrogen (secondary N) is 1. The number of benzene rings is 2. The number of hydrogen-bond acceptors (Lipinski definition) is 5. The van der Waals surface area contributed by atoms with Crippen molar-refractivity contribution in [3.63, 3.8) is 0 Å². The van der Waals surface area contributed by atoms with Gasteiger partial charge in [0.15, 0.2) is 17.2 Å². The first-order chi connectivity index (χ1) is 16.0. The molecule has 1 aliphatic carbocycles. The molecule has 33 heavy (non-hydrogen) atoms. The van der Waals surface area contributed by atoms with Gasteiger partial charge in [-0.25, -0.2) is 4.68 Å². The van der Waals surface area contributed by atoms with Gasteiger partial charge in [0.2, 0.25) is 5.75 Å². The second-order valence-corrected chi connectivity index (χ2v) is 8.21. The molecule has 2 aromatic carbocycles. The van der Waals surface area contributed by atoms with E-state index in [1.165, 1.54) is 5.56 Å². The molecule has 4 rings (SSSR count). The molecule has 0 spiro atoms. The lowest BCUT2D eigenvalue weighted by molar-refractivity contribution is 0.0933. The van der Waals surface area contributed by atoms with Crippen LogP contribution in [0.4, 0.5) is 0 Å². The van der Waals surface area contributed by atoms with E-state index in [4.69, 9.17) is 19.3 Å². The number of hydrogen-bond donors (Lipinski definition) is 1. The Labute approximate surface area is 194 Å². The van der Waals surface area contributed by atoms with Crippen molar-refractivity contribution in [2.24, 2.45) is 0 Å². The Hall–Kier alpha value is -3.48. The van der Waals surface area contributed by atoms with E-state index in [9.17, 15) is 4.79 Å². The minimum atomic E-state index is -0.280. The average Bonchev–Trinajstić information content (AvgIpc) is 3.46. The molecule has 7 nitrogen and oxygen atoms in total. The van der Waals surface area contributed by atoms with E-state index >= 15 is 0 Å². The van der Waals surface area contributed by atoms with Crippen LogP contribution in [-0.2, 0) is 19.3 Å². The number of amides is 1. The summed E-state index contributed by atoms with van der Waals surface area (Å²) in [5.74, 6) is 1.44. The average molecular weight is 450 g/mol. The number of aromatic nitrogens is 2. The van der Waals surface area contributed by atoms with Gasteiger partial charge in [0.1, 0.15) is 0 Å². The largest absolute Gasteiger partial charge is 0.493 e. The van der Waals surface area contributed by atoms with E-state index in [1.54, 1.807) is 21.3 Å². The predicted molar refractivity (Wildman–Crippen MR) is 127 cm³/mol. The highest BCUT2D eigenvalue weighted by molar-refractivity contribution is 5.94. The fourth-order valence-electron chi connectivity index (χ4n) is 4.41. The number of carbonyl (C=O) groups is 1. The molecule has 1 heterocycles. The number of methoxy groups -OCH3 is 3. The van der Waals surface area contributed by atoms with Crippen molar-refractivity contribution in [2.75, 3.05) is 21.3 Å². The fourth-order valence-corrected chi connectivity index (χ4v) is 4.41. The Morgan fingerprint density at radius 1 is 1.06 bits per heavy atom. The first-order valence-corrected chi connectivity index (χ1v) is 11.3. The highest BCUT2D eigenvalue weighted by atomic mass is 16.5. The predicted octanol–water partition coefficient (Wildman–Crippen LogP) is 4.44. The summed E-state index contributed by atoms with van der Waals surface area (Å²) in [6.45, 7) is 4.07.